The Hall–Kier alpha value is -2.38. The number of rotatable bonds is 3. The van der Waals surface area contributed by atoms with Crippen LogP contribution in [0, 0.1) is 17.1 Å². The Kier molecular flexibility index (Phi) is 3.56. The van der Waals surface area contributed by atoms with Gasteiger partial charge in [-0.1, -0.05) is 12.1 Å². The lowest BCUT2D eigenvalue weighted by Crippen LogP contribution is -1.95. The van der Waals surface area contributed by atoms with Crippen LogP contribution in [0.4, 0.5) is 4.39 Å². The van der Waals surface area contributed by atoms with Gasteiger partial charge in [-0.15, -0.1) is 0 Å². The summed E-state index contributed by atoms with van der Waals surface area (Å²) in [5.41, 5.74) is 0.550. The highest BCUT2D eigenvalue weighted by molar-refractivity contribution is 5.41. The third kappa shape index (κ3) is 2.47. The monoisotopic (exact) mass is 243 g/mol. The van der Waals surface area contributed by atoms with E-state index in [0.717, 1.165) is 0 Å². The van der Waals surface area contributed by atoms with Gasteiger partial charge in [0.1, 0.15) is 17.3 Å². The number of aliphatic hydroxyl groups excluding tert-OH is 1. The predicted molar refractivity (Wildman–Crippen MR) is 63.6 cm³/mol. The van der Waals surface area contributed by atoms with Crippen LogP contribution in [0.25, 0.3) is 0 Å². The van der Waals surface area contributed by atoms with Gasteiger partial charge in [-0.05, 0) is 30.3 Å². The Morgan fingerprint density at radius 3 is 2.72 bits per heavy atom. The number of ether oxygens (including phenoxy) is 1. The van der Waals surface area contributed by atoms with E-state index in [1.165, 1.54) is 12.1 Å². The molecule has 0 spiro atoms. The molecular formula is C14H10FNO2. The lowest BCUT2D eigenvalue weighted by atomic mass is 10.2. The highest BCUT2D eigenvalue weighted by Crippen LogP contribution is 2.27. The number of hydrogen-bond donors (Lipinski definition) is 1. The van der Waals surface area contributed by atoms with Crippen molar-refractivity contribution < 1.29 is 14.2 Å². The molecule has 2 aromatic rings. The lowest BCUT2D eigenvalue weighted by Gasteiger charge is -2.10. The molecule has 0 radical (unpaired) electrons. The zero-order valence-electron chi connectivity index (χ0n) is 9.43. The van der Waals surface area contributed by atoms with E-state index in [4.69, 9.17) is 15.1 Å². The predicted octanol–water partition coefficient (Wildman–Crippen LogP) is 2.98. The molecule has 18 heavy (non-hydrogen) atoms. The molecule has 0 bridgehead atoms. The third-order valence-corrected chi connectivity index (χ3v) is 2.42. The molecule has 0 amide bonds. The van der Waals surface area contributed by atoms with E-state index in [-0.39, 0.29) is 11.3 Å². The summed E-state index contributed by atoms with van der Waals surface area (Å²) in [6.45, 7) is -0.444. The fourth-order valence-corrected chi connectivity index (χ4v) is 1.54. The minimum Gasteiger partial charge on any atom is -0.457 e. The van der Waals surface area contributed by atoms with Crippen LogP contribution in [-0.4, -0.2) is 5.11 Å². The zero-order chi connectivity index (χ0) is 13.0. The Bertz CT molecular complexity index is 605. The summed E-state index contributed by atoms with van der Waals surface area (Å²) in [6.07, 6.45) is 0. The molecule has 0 unspecified atom stereocenters. The molecule has 0 heterocycles. The van der Waals surface area contributed by atoms with Crippen LogP contribution in [0.2, 0.25) is 0 Å². The van der Waals surface area contributed by atoms with Gasteiger partial charge in [-0.3, -0.25) is 0 Å². The fourth-order valence-electron chi connectivity index (χ4n) is 1.54. The summed E-state index contributed by atoms with van der Waals surface area (Å²) in [5.74, 6) is 0.147. The van der Waals surface area contributed by atoms with Gasteiger partial charge in [0, 0.05) is 0 Å². The second kappa shape index (κ2) is 5.30. The second-order valence-electron chi connectivity index (χ2n) is 3.62. The Morgan fingerprint density at radius 2 is 2.00 bits per heavy atom. The van der Waals surface area contributed by atoms with Gasteiger partial charge >= 0.3 is 0 Å². The summed E-state index contributed by atoms with van der Waals surface area (Å²) < 4.78 is 18.9. The Morgan fingerprint density at radius 1 is 1.22 bits per heavy atom. The normalized spacial score (nSPS) is 9.83. The second-order valence-corrected chi connectivity index (χ2v) is 3.62. The Balaban J connectivity index is 2.34. The van der Waals surface area contributed by atoms with Crippen molar-refractivity contribution in [2.24, 2.45) is 0 Å². The molecule has 0 saturated carbocycles. The first-order valence-electron chi connectivity index (χ1n) is 5.31. The first-order chi connectivity index (χ1) is 8.74. The van der Waals surface area contributed by atoms with E-state index in [0.29, 0.717) is 11.3 Å². The molecule has 0 aromatic heterocycles. The maximum atomic E-state index is 13.4. The molecule has 90 valence electrons. The minimum absolute atomic E-state index is 0.0971. The number of hydrogen-bond acceptors (Lipinski definition) is 3. The topological polar surface area (TPSA) is 53.2 Å². The van der Waals surface area contributed by atoms with Gasteiger partial charge in [-0.2, -0.15) is 5.26 Å². The van der Waals surface area contributed by atoms with Gasteiger partial charge in [0.25, 0.3) is 0 Å². The van der Waals surface area contributed by atoms with E-state index < -0.39 is 12.4 Å². The van der Waals surface area contributed by atoms with E-state index in [1.54, 1.807) is 30.3 Å². The number of nitrogens with zero attached hydrogens (tertiary/aromatic N) is 1. The molecule has 4 heteroatoms. The van der Waals surface area contributed by atoms with E-state index in [2.05, 4.69) is 0 Å². The number of benzene rings is 2. The minimum atomic E-state index is -0.522. The molecule has 2 rings (SSSR count). The van der Waals surface area contributed by atoms with E-state index >= 15 is 0 Å². The van der Waals surface area contributed by atoms with Gasteiger partial charge in [0.05, 0.1) is 23.8 Å². The van der Waals surface area contributed by atoms with Crippen LogP contribution in [0.5, 0.6) is 11.5 Å². The maximum Gasteiger partial charge on any atom is 0.135 e. The van der Waals surface area contributed by atoms with Gasteiger partial charge in [0.2, 0.25) is 0 Å². The highest BCUT2D eigenvalue weighted by Gasteiger charge is 2.09. The molecule has 3 nitrogen and oxygen atoms in total. The van der Waals surface area contributed by atoms with E-state index in [9.17, 15) is 4.39 Å². The zero-order valence-corrected chi connectivity index (χ0v) is 9.43. The number of nitriles is 1. The number of halogens is 1. The van der Waals surface area contributed by atoms with Gasteiger partial charge in [-0.25, -0.2) is 4.39 Å². The van der Waals surface area contributed by atoms with Crippen LogP contribution in [0.1, 0.15) is 11.1 Å². The first kappa shape index (κ1) is 12.1. The molecule has 0 saturated heterocycles. The third-order valence-electron chi connectivity index (χ3n) is 2.42. The highest BCUT2D eigenvalue weighted by atomic mass is 19.1. The quantitative estimate of drug-likeness (QED) is 0.901. The van der Waals surface area contributed by atoms with Crippen LogP contribution in [-0.2, 0) is 6.61 Å². The lowest BCUT2D eigenvalue weighted by molar-refractivity contribution is 0.270. The fraction of sp³-hybridized carbons (Fsp3) is 0.0714. The van der Waals surface area contributed by atoms with Crippen molar-refractivity contribution in [3.63, 3.8) is 0 Å². The molecule has 0 aliphatic heterocycles. The van der Waals surface area contributed by atoms with Crippen molar-refractivity contribution in [3.05, 3.63) is 59.4 Å². The summed E-state index contributed by atoms with van der Waals surface area (Å²) in [7, 11) is 0. The molecule has 0 fully saturated rings. The first-order valence-corrected chi connectivity index (χ1v) is 5.31. The van der Waals surface area contributed by atoms with Crippen LogP contribution in [0.3, 0.4) is 0 Å². The van der Waals surface area contributed by atoms with Gasteiger partial charge < -0.3 is 9.84 Å². The molecule has 0 aliphatic rings. The van der Waals surface area contributed by atoms with Crippen molar-refractivity contribution in [1.82, 2.24) is 0 Å². The standard InChI is InChI=1S/C14H10FNO2/c15-13-5-2-6-14(12(13)9-17)18-11-4-1-3-10(7-11)8-16/h1-7,17H,9H2. The molecule has 0 aliphatic carbocycles. The van der Waals surface area contributed by atoms with Crippen molar-refractivity contribution in [2.75, 3.05) is 0 Å². The summed E-state index contributed by atoms with van der Waals surface area (Å²) in [5, 5.41) is 17.9. The van der Waals surface area contributed by atoms with Crippen LogP contribution < -0.4 is 4.74 Å². The summed E-state index contributed by atoms with van der Waals surface area (Å²) in [4.78, 5) is 0. The largest absolute Gasteiger partial charge is 0.457 e. The van der Waals surface area contributed by atoms with Crippen molar-refractivity contribution >= 4 is 0 Å². The number of aliphatic hydroxyl groups is 1. The smallest absolute Gasteiger partial charge is 0.135 e. The van der Waals surface area contributed by atoms with Crippen molar-refractivity contribution in [1.29, 1.82) is 5.26 Å². The van der Waals surface area contributed by atoms with Crippen molar-refractivity contribution in [3.8, 4) is 17.6 Å². The summed E-state index contributed by atoms with van der Waals surface area (Å²) >= 11 is 0. The van der Waals surface area contributed by atoms with Crippen molar-refractivity contribution in [2.45, 2.75) is 6.61 Å². The summed E-state index contributed by atoms with van der Waals surface area (Å²) in [6, 6.07) is 12.8. The molecule has 1 N–H and O–H groups in total. The molecule has 0 atom stereocenters. The average Bonchev–Trinajstić information content (AvgIpc) is 2.39. The van der Waals surface area contributed by atoms with Crippen LogP contribution in [0.15, 0.2) is 42.5 Å². The molecule has 2 aromatic carbocycles. The maximum absolute atomic E-state index is 13.4. The van der Waals surface area contributed by atoms with E-state index in [1.807, 2.05) is 6.07 Å². The SMILES string of the molecule is N#Cc1cccc(Oc2cccc(F)c2CO)c1. The van der Waals surface area contributed by atoms with Crippen LogP contribution >= 0.6 is 0 Å². The molecular weight excluding hydrogens is 233 g/mol. The van der Waals surface area contributed by atoms with Gasteiger partial charge in [0.15, 0.2) is 0 Å². The average molecular weight is 243 g/mol. The Labute approximate surface area is 104 Å².